The van der Waals surface area contributed by atoms with E-state index in [4.69, 9.17) is 4.74 Å². The quantitative estimate of drug-likeness (QED) is 0.249. The average molecular weight is 426 g/mol. The molecule has 2 rings (SSSR count). The zero-order valence-corrected chi connectivity index (χ0v) is 18.6. The number of rotatable bonds is 9. The fraction of sp³-hybridized carbons (Fsp3) is 0.400. The maximum Gasteiger partial charge on any atom is 0.338 e. The van der Waals surface area contributed by atoms with Crippen molar-refractivity contribution in [3.8, 4) is 5.75 Å². The van der Waals surface area contributed by atoms with Gasteiger partial charge in [-0.2, -0.15) is 0 Å². The van der Waals surface area contributed by atoms with E-state index in [0.717, 1.165) is 12.8 Å². The summed E-state index contributed by atoms with van der Waals surface area (Å²) in [6, 6.07) is 12.6. The molecule has 31 heavy (non-hydrogen) atoms. The molecule has 0 aliphatic rings. The second-order valence-electron chi connectivity index (χ2n) is 9.04. The molecule has 166 valence electrons. The molecule has 0 heterocycles. The number of anilines is 1. The van der Waals surface area contributed by atoms with Gasteiger partial charge in [0, 0.05) is 5.56 Å². The lowest BCUT2D eigenvalue weighted by Gasteiger charge is -2.23. The standard InChI is InChI=1S/C25H31NO5/c1-17(16-25(2,3)4)12-13-31-24(30)19-10-11-21(27)20(14-19)26-23(29)15-22(28)18-8-6-5-7-9-18/h5-11,14,17,27H,12-13,15-16H2,1-4H3,(H,26,29). The van der Waals surface area contributed by atoms with Crippen LogP contribution in [0.5, 0.6) is 5.75 Å². The Hall–Kier alpha value is -3.15. The second-order valence-corrected chi connectivity index (χ2v) is 9.04. The van der Waals surface area contributed by atoms with Gasteiger partial charge in [-0.05, 0) is 42.4 Å². The Morgan fingerprint density at radius 3 is 2.35 bits per heavy atom. The van der Waals surface area contributed by atoms with Gasteiger partial charge >= 0.3 is 5.97 Å². The van der Waals surface area contributed by atoms with Gasteiger partial charge in [0.1, 0.15) is 5.75 Å². The number of carbonyl (C=O) groups is 3. The number of carbonyl (C=O) groups excluding carboxylic acids is 3. The summed E-state index contributed by atoms with van der Waals surface area (Å²) in [7, 11) is 0. The number of Topliss-reactive ketones (excluding diaryl/α,β-unsaturated/α-hetero) is 1. The summed E-state index contributed by atoms with van der Waals surface area (Å²) >= 11 is 0. The Kier molecular flexibility index (Phi) is 8.37. The summed E-state index contributed by atoms with van der Waals surface area (Å²) in [5.74, 6) is -1.22. The van der Waals surface area contributed by atoms with Crippen LogP contribution in [0, 0.1) is 11.3 Å². The number of esters is 1. The van der Waals surface area contributed by atoms with Crippen LogP contribution in [0.3, 0.4) is 0 Å². The second kappa shape index (κ2) is 10.8. The van der Waals surface area contributed by atoms with Crippen molar-refractivity contribution in [1.82, 2.24) is 0 Å². The van der Waals surface area contributed by atoms with Crippen LogP contribution < -0.4 is 5.32 Å². The van der Waals surface area contributed by atoms with E-state index in [9.17, 15) is 19.5 Å². The van der Waals surface area contributed by atoms with Crippen molar-refractivity contribution in [3.63, 3.8) is 0 Å². The molecule has 6 heteroatoms. The number of ether oxygens (including phenoxy) is 1. The minimum atomic E-state index is -0.578. The smallest absolute Gasteiger partial charge is 0.338 e. The van der Waals surface area contributed by atoms with E-state index in [1.165, 1.54) is 18.2 Å². The van der Waals surface area contributed by atoms with Crippen molar-refractivity contribution >= 4 is 23.3 Å². The lowest BCUT2D eigenvalue weighted by atomic mass is 9.84. The van der Waals surface area contributed by atoms with Crippen LogP contribution in [-0.2, 0) is 9.53 Å². The minimum absolute atomic E-state index is 0.0569. The molecule has 0 aliphatic carbocycles. The van der Waals surface area contributed by atoms with Gasteiger partial charge in [0.25, 0.3) is 0 Å². The molecule has 0 spiro atoms. The summed E-state index contributed by atoms with van der Waals surface area (Å²) in [5, 5.41) is 12.5. The maximum atomic E-state index is 12.4. The fourth-order valence-electron chi connectivity index (χ4n) is 3.41. The molecule has 0 fully saturated rings. The molecule has 0 aromatic heterocycles. The third-order valence-electron chi connectivity index (χ3n) is 4.73. The number of ketones is 1. The first-order valence-electron chi connectivity index (χ1n) is 10.4. The van der Waals surface area contributed by atoms with Gasteiger partial charge < -0.3 is 15.2 Å². The molecule has 6 nitrogen and oxygen atoms in total. The van der Waals surface area contributed by atoms with Crippen LogP contribution in [0.2, 0.25) is 0 Å². The third kappa shape index (κ3) is 8.24. The zero-order valence-electron chi connectivity index (χ0n) is 18.6. The molecule has 1 amide bonds. The number of amides is 1. The highest BCUT2D eigenvalue weighted by molar-refractivity contribution is 6.11. The molecule has 1 atom stereocenters. The van der Waals surface area contributed by atoms with E-state index in [1.807, 2.05) is 0 Å². The lowest BCUT2D eigenvalue weighted by Crippen LogP contribution is -2.17. The van der Waals surface area contributed by atoms with Crippen LogP contribution in [-0.4, -0.2) is 29.4 Å². The molecule has 1 unspecified atom stereocenters. The largest absolute Gasteiger partial charge is 0.506 e. The molecular formula is C25H31NO5. The van der Waals surface area contributed by atoms with Gasteiger partial charge in [-0.3, -0.25) is 9.59 Å². The predicted octanol–water partition coefficient (Wildman–Crippen LogP) is 5.22. The number of aromatic hydroxyl groups is 1. The fourth-order valence-corrected chi connectivity index (χ4v) is 3.41. The number of hydrogen-bond donors (Lipinski definition) is 2. The Bertz CT molecular complexity index is 915. The monoisotopic (exact) mass is 425 g/mol. The van der Waals surface area contributed by atoms with Crippen LogP contribution in [0.1, 0.15) is 67.7 Å². The third-order valence-corrected chi connectivity index (χ3v) is 4.73. The molecule has 0 bridgehead atoms. The predicted molar refractivity (Wildman–Crippen MR) is 120 cm³/mol. The van der Waals surface area contributed by atoms with E-state index in [2.05, 4.69) is 33.0 Å². The van der Waals surface area contributed by atoms with Gasteiger partial charge in [0.15, 0.2) is 5.78 Å². The van der Waals surface area contributed by atoms with E-state index in [-0.39, 0.29) is 34.6 Å². The molecule has 0 saturated heterocycles. The Balaban J connectivity index is 1.92. The van der Waals surface area contributed by atoms with Crippen molar-refractivity contribution in [2.45, 2.75) is 47.0 Å². The molecular weight excluding hydrogens is 394 g/mol. The van der Waals surface area contributed by atoms with Crippen LogP contribution in [0.25, 0.3) is 0 Å². The normalized spacial score (nSPS) is 12.1. The molecule has 0 radical (unpaired) electrons. The van der Waals surface area contributed by atoms with Gasteiger partial charge in [0.05, 0.1) is 24.3 Å². The highest BCUT2D eigenvalue weighted by Gasteiger charge is 2.18. The molecule has 2 aromatic carbocycles. The summed E-state index contributed by atoms with van der Waals surface area (Å²) in [5.41, 5.74) is 0.919. The lowest BCUT2D eigenvalue weighted by molar-refractivity contribution is -0.115. The number of phenolic OH excluding ortho intramolecular Hbond substituents is 1. The molecule has 2 N–H and O–H groups in total. The van der Waals surface area contributed by atoms with Gasteiger partial charge in [-0.1, -0.05) is 58.0 Å². The Morgan fingerprint density at radius 1 is 1.03 bits per heavy atom. The van der Waals surface area contributed by atoms with Gasteiger partial charge in [-0.25, -0.2) is 4.79 Å². The SMILES string of the molecule is CC(CCOC(=O)c1ccc(O)c(NC(=O)CC(=O)c2ccccc2)c1)CC(C)(C)C. The van der Waals surface area contributed by atoms with E-state index in [0.29, 0.717) is 18.1 Å². The summed E-state index contributed by atoms with van der Waals surface area (Å²) < 4.78 is 5.35. The Morgan fingerprint density at radius 2 is 1.71 bits per heavy atom. The summed E-state index contributed by atoms with van der Waals surface area (Å²) in [6.07, 6.45) is 1.41. The highest BCUT2D eigenvalue weighted by Crippen LogP contribution is 2.27. The molecule has 2 aromatic rings. The first-order valence-corrected chi connectivity index (χ1v) is 10.4. The van der Waals surface area contributed by atoms with Crippen molar-refractivity contribution in [2.24, 2.45) is 11.3 Å². The first kappa shape index (κ1) is 24.1. The van der Waals surface area contributed by atoms with Crippen molar-refractivity contribution in [3.05, 3.63) is 59.7 Å². The number of hydrogen-bond acceptors (Lipinski definition) is 5. The van der Waals surface area contributed by atoms with E-state index >= 15 is 0 Å². The topological polar surface area (TPSA) is 92.7 Å². The minimum Gasteiger partial charge on any atom is -0.506 e. The van der Waals surface area contributed by atoms with E-state index < -0.39 is 11.9 Å². The van der Waals surface area contributed by atoms with E-state index in [1.54, 1.807) is 30.3 Å². The van der Waals surface area contributed by atoms with Crippen LogP contribution >= 0.6 is 0 Å². The summed E-state index contributed by atoms with van der Waals surface area (Å²) in [4.78, 5) is 36.8. The highest BCUT2D eigenvalue weighted by atomic mass is 16.5. The molecule has 0 aliphatic heterocycles. The number of nitrogens with one attached hydrogen (secondary N) is 1. The van der Waals surface area contributed by atoms with Gasteiger partial charge in [0.2, 0.25) is 5.91 Å². The van der Waals surface area contributed by atoms with Gasteiger partial charge in [-0.15, -0.1) is 0 Å². The zero-order chi connectivity index (χ0) is 23.0. The van der Waals surface area contributed by atoms with Crippen LogP contribution in [0.4, 0.5) is 5.69 Å². The van der Waals surface area contributed by atoms with Crippen molar-refractivity contribution in [1.29, 1.82) is 0 Å². The van der Waals surface area contributed by atoms with Crippen LogP contribution in [0.15, 0.2) is 48.5 Å². The summed E-state index contributed by atoms with van der Waals surface area (Å²) in [6.45, 7) is 8.95. The molecule has 0 saturated carbocycles. The maximum absolute atomic E-state index is 12.4. The number of phenols is 1. The van der Waals surface area contributed by atoms with Crippen molar-refractivity contribution < 1.29 is 24.2 Å². The number of benzene rings is 2. The van der Waals surface area contributed by atoms with Crippen molar-refractivity contribution in [2.75, 3.05) is 11.9 Å². The first-order chi connectivity index (χ1) is 14.5. The average Bonchev–Trinajstić information content (AvgIpc) is 2.68. The Labute approximate surface area is 183 Å².